The second-order valence-corrected chi connectivity index (χ2v) is 4.11. The second kappa shape index (κ2) is 3.55. The summed E-state index contributed by atoms with van der Waals surface area (Å²) in [6.07, 6.45) is 2.10. The smallest absolute Gasteiger partial charge is 0.0682 e. The summed E-state index contributed by atoms with van der Waals surface area (Å²) in [7, 11) is 2.10. The molecule has 0 aromatic carbocycles. The molecule has 0 spiro atoms. The molecule has 1 rings (SSSR count). The first-order chi connectivity index (χ1) is 5.09. The average Bonchev–Trinajstić information content (AvgIpc) is 2.09. The van der Waals surface area contributed by atoms with Gasteiger partial charge in [0.15, 0.2) is 0 Å². The highest BCUT2D eigenvalue weighted by Gasteiger charge is 2.27. The highest BCUT2D eigenvalue weighted by Crippen LogP contribution is 2.21. The third kappa shape index (κ3) is 2.46. The van der Waals surface area contributed by atoms with Crippen LogP contribution in [-0.2, 0) is 0 Å². The van der Waals surface area contributed by atoms with Gasteiger partial charge >= 0.3 is 0 Å². The molecule has 1 fully saturated rings. The van der Waals surface area contributed by atoms with Crippen LogP contribution in [0.25, 0.3) is 0 Å². The first-order valence-electron chi connectivity index (χ1n) is 4.48. The Labute approximate surface area is 69.2 Å². The maximum atomic E-state index is 9.34. The number of nitrogens with zero attached hydrogens (tertiary/aromatic N) is 1. The molecule has 0 radical (unpaired) electrons. The molecular formula is C9H19NO. The van der Waals surface area contributed by atoms with Crippen LogP contribution >= 0.6 is 0 Å². The summed E-state index contributed by atoms with van der Waals surface area (Å²) < 4.78 is 0. The fraction of sp³-hybridized carbons (Fsp3) is 1.00. The molecule has 0 amide bonds. The number of aliphatic hydroxyl groups is 1. The minimum atomic E-state index is -0.0799. The zero-order valence-corrected chi connectivity index (χ0v) is 7.75. The van der Waals surface area contributed by atoms with Crippen LogP contribution in [0.5, 0.6) is 0 Å². The molecule has 0 unspecified atom stereocenters. The average molecular weight is 157 g/mol. The van der Waals surface area contributed by atoms with Gasteiger partial charge in [0.2, 0.25) is 0 Å². The number of hydrogen-bond acceptors (Lipinski definition) is 2. The molecule has 2 nitrogen and oxygen atoms in total. The summed E-state index contributed by atoms with van der Waals surface area (Å²) in [5, 5.41) is 9.34. The lowest BCUT2D eigenvalue weighted by Crippen LogP contribution is -2.26. The van der Waals surface area contributed by atoms with Crippen LogP contribution in [0.1, 0.15) is 26.7 Å². The van der Waals surface area contributed by atoms with Gasteiger partial charge in [-0.1, -0.05) is 13.8 Å². The number of rotatable bonds is 2. The largest absolute Gasteiger partial charge is 0.392 e. The molecule has 1 N–H and O–H groups in total. The predicted octanol–water partition coefficient (Wildman–Crippen LogP) is 1.10. The molecule has 66 valence electrons. The minimum absolute atomic E-state index is 0.0799. The van der Waals surface area contributed by atoms with Crippen LogP contribution < -0.4 is 0 Å². The van der Waals surface area contributed by atoms with Crippen molar-refractivity contribution >= 4 is 0 Å². The monoisotopic (exact) mass is 157 g/mol. The first kappa shape index (κ1) is 9.01. The minimum Gasteiger partial charge on any atom is -0.392 e. The van der Waals surface area contributed by atoms with E-state index in [9.17, 15) is 5.11 Å². The van der Waals surface area contributed by atoms with Crippen molar-refractivity contribution in [1.29, 1.82) is 0 Å². The normalized spacial score (nSPS) is 33.5. The molecule has 0 aromatic heterocycles. The zero-order valence-electron chi connectivity index (χ0n) is 7.75. The molecule has 2 atom stereocenters. The Morgan fingerprint density at radius 1 is 1.55 bits per heavy atom. The van der Waals surface area contributed by atoms with Gasteiger partial charge in [-0.05, 0) is 25.8 Å². The number of likely N-dealkylation sites (tertiary alicyclic amines) is 1. The molecule has 2 heteroatoms. The Bertz CT molecular complexity index is 125. The van der Waals surface area contributed by atoms with Crippen LogP contribution in [0.2, 0.25) is 0 Å². The highest BCUT2D eigenvalue weighted by molar-refractivity contribution is 4.83. The van der Waals surface area contributed by atoms with Crippen molar-refractivity contribution in [3.05, 3.63) is 0 Å². The summed E-state index contributed by atoms with van der Waals surface area (Å²) in [5.41, 5.74) is 0. The molecule has 0 bridgehead atoms. The van der Waals surface area contributed by atoms with Crippen molar-refractivity contribution in [2.45, 2.75) is 38.8 Å². The Morgan fingerprint density at radius 3 is 2.55 bits per heavy atom. The van der Waals surface area contributed by atoms with Gasteiger partial charge in [0.1, 0.15) is 0 Å². The van der Waals surface area contributed by atoms with Crippen molar-refractivity contribution in [2.75, 3.05) is 13.6 Å². The summed E-state index contributed by atoms with van der Waals surface area (Å²) in [5.74, 6) is 0.743. The third-order valence-corrected chi connectivity index (χ3v) is 2.41. The maximum Gasteiger partial charge on any atom is 0.0682 e. The Hall–Kier alpha value is -0.0800. The zero-order chi connectivity index (χ0) is 8.43. The van der Waals surface area contributed by atoms with Crippen molar-refractivity contribution in [3.8, 4) is 0 Å². The lowest BCUT2D eigenvalue weighted by atomic mass is 10.0. The van der Waals surface area contributed by atoms with E-state index in [1.165, 1.54) is 6.42 Å². The van der Waals surface area contributed by atoms with Gasteiger partial charge in [-0.15, -0.1) is 0 Å². The van der Waals surface area contributed by atoms with E-state index in [1.54, 1.807) is 0 Å². The third-order valence-electron chi connectivity index (χ3n) is 2.41. The van der Waals surface area contributed by atoms with Gasteiger partial charge in [-0.25, -0.2) is 0 Å². The van der Waals surface area contributed by atoms with Crippen LogP contribution in [-0.4, -0.2) is 35.7 Å². The Balaban J connectivity index is 2.34. The summed E-state index contributed by atoms with van der Waals surface area (Å²) in [6, 6.07) is 0.616. The van der Waals surface area contributed by atoms with E-state index in [-0.39, 0.29) is 6.10 Å². The van der Waals surface area contributed by atoms with Gasteiger partial charge in [-0.3, -0.25) is 0 Å². The van der Waals surface area contributed by atoms with Gasteiger partial charge in [0.05, 0.1) is 6.10 Å². The molecular weight excluding hydrogens is 138 g/mol. The molecule has 1 heterocycles. The Kier molecular flexibility index (Phi) is 2.90. The van der Waals surface area contributed by atoms with Gasteiger partial charge < -0.3 is 10.0 Å². The standard InChI is InChI=1S/C9H19NO/c1-7(2)4-8-5-9(11)6-10(8)3/h7-9,11H,4-6H2,1-3H3/t8-,9-/m1/s1. The predicted molar refractivity (Wildman–Crippen MR) is 46.5 cm³/mol. The van der Waals surface area contributed by atoms with E-state index in [1.807, 2.05) is 0 Å². The van der Waals surface area contributed by atoms with Gasteiger partial charge in [0, 0.05) is 12.6 Å². The summed E-state index contributed by atoms with van der Waals surface area (Å²) >= 11 is 0. The van der Waals surface area contributed by atoms with Crippen molar-refractivity contribution < 1.29 is 5.11 Å². The number of aliphatic hydroxyl groups excluding tert-OH is 1. The van der Waals surface area contributed by atoms with Crippen LogP contribution in [0.3, 0.4) is 0 Å². The van der Waals surface area contributed by atoms with Crippen molar-refractivity contribution in [3.63, 3.8) is 0 Å². The molecule has 0 aliphatic carbocycles. The first-order valence-corrected chi connectivity index (χ1v) is 4.48. The van der Waals surface area contributed by atoms with Crippen molar-refractivity contribution in [2.24, 2.45) is 5.92 Å². The van der Waals surface area contributed by atoms with E-state index in [0.717, 1.165) is 18.9 Å². The number of hydrogen-bond donors (Lipinski definition) is 1. The fourth-order valence-electron chi connectivity index (χ4n) is 1.87. The van der Waals surface area contributed by atoms with Crippen molar-refractivity contribution in [1.82, 2.24) is 4.90 Å². The van der Waals surface area contributed by atoms with E-state index >= 15 is 0 Å². The second-order valence-electron chi connectivity index (χ2n) is 4.11. The SMILES string of the molecule is CC(C)C[C@@H]1C[C@@H](O)CN1C. The molecule has 0 aromatic rings. The van der Waals surface area contributed by atoms with Crippen LogP contribution in [0.4, 0.5) is 0 Å². The van der Waals surface area contributed by atoms with Crippen LogP contribution in [0.15, 0.2) is 0 Å². The fourth-order valence-corrected chi connectivity index (χ4v) is 1.87. The highest BCUT2D eigenvalue weighted by atomic mass is 16.3. The lowest BCUT2D eigenvalue weighted by Gasteiger charge is -2.20. The summed E-state index contributed by atoms with van der Waals surface area (Å²) in [6.45, 7) is 5.33. The van der Waals surface area contributed by atoms with Gasteiger partial charge in [0.25, 0.3) is 0 Å². The van der Waals surface area contributed by atoms with Crippen LogP contribution in [0, 0.1) is 5.92 Å². The number of β-amino-alcohol motifs (C(OH)–C–C–N with tert-alkyl or cyclic N) is 1. The van der Waals surface area contributed by atoms with E-state index in [4.69, 9.17) is 0 Å². The summed E-state index contributed by atoms with van der Waals surface area (Å²) in [4.78, 5) is 2.27. The molecule has 1 aliphatic heterocycles. The Morgan fingerprint density at radius 2 is 2.18 bits per heavy atom. The van der Waals surface area contributed by atoms with E-state index < -0.39 is 0 Å². The number of likely N-dealkylation sites (N-methyl/N-ethyl adjacent to an activating group) is 1. The quantitative estimate of drug-likeness (QED) is 0.649. The topological polar surface area (TPSA) is 23.5 Å². The molecule has 11 heavy (non-hydrogen) atoms. The maximum absolute atomic E-state index is 9.34. The molecule has 1 aliphatic rings. The lowest BCUT2D eigenvalue weighted by molar-refractivity contribution is 0.182. The molecule has 1 saturated heterocycles. The van der Waals surface area contributed by atoms with Gasteiger partial charge in [-0.2, -0.15) is 0 Å². The van der Waals surface area contributed by atoms with E-state index in [0.29, 0.717) is 6.04 Å². The van der Waals surface area contributed by atoms with E-state index in [2.05, 4.69) is 25.8 Å². The molecule has 0 saturated carbocycles.